The summed E-state index contributed by atoms with van der Waals surface area (Å²) >= 11 is 0. The molecule has 0 unspecified atom stereocenters. The van der Waals surface area contributed by atoms with Gasteiger partial charge in [-0.3, -0.25) is 4.18 Å². The third kappa shape index (κ3) is 8.63. The van der Waals surface area contributed by atoms with Crippen molar-refractivity contribution < 1.29 is 36.3 Å². The average Bonchev–Trinajstić information content (AvgIpc) is 3.09. The predicted molar refractivity (Wildman–Crippen MR) is 180 cm³/mol. The van der Waals surface area contributed by atoms with Crippen molar-refractivity contribution in [1.29, 1.82) is 0 Å². The summed E-state index contributed by atoms with van der Waals surface area (Å²) in [6.45, 7) is 6.20. The Bertz CT molecular complexity index is 1520. The fraction of sp³-hybridized carbons (Fsp3) is 0.316. The van der Waals surface area contributed by atoms with Crippen molar-refractivity contribution in [1.82, 2.24) is 0 Å². The first-order valence-electron chi connectivity index (χ1n) is 15.7. The van der Waals surface area contributed by atoms with Crippen molar-refractivity contribution >= 4 is 10.1 Å². The molecular weight excluding hydrogens is 616 g/mol. The predicted octanol–water partition coefficient (Wildman–Crippen LogP) is 6.26. The van der Waals surface area contributed by atoms with Crippen LogP contribution in [-0.4, -0.2) is 65.2 Å². The van der Waals surface area contributed by atoms with E-state index in [2.05, 4.69) is 6.58 Å². The van der Waals surface area contributed by atoms with Gasteiger partial charge in [-0.25, -0.2) is 0 Å². The Hall–Kier alpha value is -3.67. The molecule has 0 radical (unpaired) electrons. The smallest absolute Gasteiger partial charge is 0.264 e. The fourth-order valence-electron chi connectivity index (χ4n) is 5.92. The molecule has 4 aromatic rings. The van der Waals surface area contributed by atoms with E-state index in [0.29, 0.717) is 6.61 Å². The molecule has 5 atom stereocenters. The normalized spacial score (nSPS) is 21.7. The molecule has 0 aromatic heterocycles. The molecule has 0 bridgehead atoms. The lowest BCUT2D eigenvalue weighted by Crippen LogP contribution is -2.62. The Balaban J connectivity index is 1.58. The van der Waals surface area contributed by atoms with Crippen LogP contribution in [0, 0.1) is 0 Å². The molecule has 0 saturated carbocycles. The van der Waals surface area contributed by atoms with Crippen LogP contribution in [0.5, 0.6) is 0 Å². The summed E-state index contributed by atoms with van der Waals surface area (Å²) in [7, 11) is -3.99. The zero-order valence-electron chi connectivity index (χ0n) is 26.7. The molecule has 248 valence electrons. The highest BCUT2D eigenvalue weighted by Crippen LogP contribution is 2.41. The van der Waals surface area contributed by atoms with Crippen molar-refractivity contribution in [3.05, 3.63) is 156 Å². The summed E-state index contributed by atoms with van der Waals surface area (Å²) in [6, 6.07) is 39.3. The summed E-state index contributed by atoms with van der Waals surface area (Å²) in [5.41, 5.74) is 2.48. The molecule has 0 N–H and O–H groups in total. The average molecular weight is 659 g/mol. The Kier molecular flexibility index (Phi) is 12.1. The SMILES string of the molecule is C=CCO[C@H]1[C@@H](OCC)O[C@H](COC(c2ccccc2)(c2ccccc2)c2ccccc2)[C@@H](OS(C)(=O)=O)[C@@H]1OCc1ccccc1. The molecule has 0 aliphatic carbocycles. The summed E-state index contributed by atoms with van der Waals surface area (Å²) < 4.78 is 63.6. The van der Waals surface area contributed by atoms with E-state index in [1.165, 1.54) is 0 Å². The molecule has 1 fully saturated rings. The lowest BCUT2D eigenvalue weighted by Gasteiger charge is -2.46. The Morgan fingerprint density at radius 2 is 1.23 bits per heavy atom. The minimum atomic E-state index is -3.99. The Morgan fingerprint density at radius 1 is 0.723 bits per heavy atom. The maximum atomic E-state index is 12.8. The van der Waals surface area contributed by atoms with Gasteiger partial charge in [0.2, 0.25) is 0 Å². The van der Waals surface area contributed by atoms with Gasteiger partial charge < -0.3 is 23.7 Å². The van der Waals surface area contributed by atoms with Gasteiger partial charge in [0.25, 0.3) is 10.1 Å². The van der Waals surface area contributed by atoms with E-state index in [1.807, 2.05) is 128 Å². The highest BCUT2D eigenvalue weighted by Gasteiger charge is 2.51. The summed E-state index contributed by atoms with van der Waals surface area (Å²) in [6.07, 6.45) is -2.12. The summed E-state index contributed by atoms with van der Waals surface area (Å²) in [5.74, 6) is 0. The van der Waals surface area contributed by atoms with E-state index in [1.54, 1.807) is 6.08 Å². The third-order valence-corrected chi connectivity index (χ3v) is 8.48. The van der Waals surface area contributed by atoms with Crippen LogP contribution in [0.2, 0.25) is 0 Å². The topological polar surface area (TPSA) is 89.5 Å². The number of ether oxygens (including phenoxy) is 5. The van der Waals surface area contributed by atoms with Crippen molar-refractivity contribution in [2.75, 3.05) is 26.1 Å². The van der Waals surface area contributed by atoms with Gasteiger partial charge in [-0.15, -0.1) is 6.58 Å². The standard InChI is InChI=1S/C38H42O8S/c1-4-26-42-36-35(43-27-29-18-10-6-11-19-29)34(46-47(3,39)40)33(45-37(36)41-5-2)28-44-38(30-20-12-7-13-21-30,31-22-14-8-15-23-31)32-24-16-9-17-25-32/h4,6-25,33-37H,1,5,26-28H2,2-3H3/t33-,34-,35+,36-,37+/m1/s1. The molecule has 9 heteroatoms. The van der Waals surface area contributed by atoms with Crippen LogP contribution in [0.3, 0.4) is 0 Å². The van der Waals surface area contributed by atoms with Gasteiger partial charge in [-0.2, -0.15) is 8.42 Å². The van der Waals surface area contributed by atoms with E-state index < -0.39 is 46.4 Å². The fourth-order valence-corrected chi connectivity index (χ4v) is 6.55. The van der Waals surface area contributed by atoms with Gasteiger partial charge in [-0.1, -0.05) is 127 Å². The second-order valence-corrected chi connectivity index (χ2v) is 12.8. The van der Waals surface area contributed by atoms with E-state index in [4.69, 9.17) is 27.9 Å². The molecule has 8 nitrogen and oxygen atoms in total. The molecule has 47 heavy (non-hydrogen) atoms. The van der Waals surface area contributed by atoms with Crippen LogP contribution >= 0.6 is 0 Å². The molecule has 0 spiro atoms. The molecule has 4 aromatic carbocycles. The highest BCUT2D eigenvalue weighted by atomic mass is 32.2. The first-order valence-corrected chi connectivity index (χ1v) is 17.5. The third-order valence-electron chi connectivity index (χ3n) is 7.90. The van der Waals surface area contributed by atoms with Crippen LogP contribution in [0.25, 0.3) is 0 Å². The molecule has 1 saturated heterocycles. The maximum absolute atomic E-state index is 12.8. The van der Waals surface area contributed by atoms with Gasteiger partial charge in [0.1, 0.15) is 30.0 Å². The lowest BCUT2D eigenvalue weighted by molar-refractivity contribution is -0.314. The van der Waals surface area contributed by atoms with Gasteiger partial charge >= 0.3 is 0 Å². The molecular formula is C38H42O8S. The zero-order valence-corrected chi connectivity index (χ0v) is 27.5. The van der Waals surface area contributed by atoms with E-state index in [9.17, 15) is 8.42 Å². The Morgan fingerprint density at radius 3 is 1.70 bits per heavy atom. The maximum Gasteiger partial charge on any atom is 0.264 e. The van der Waals surface area contributed by atoms with Crippen LogP contribution in [0.15, 0.2) is 134 Å². The number of benzene rings is 4. The molecule has 0 amide bonds. The van der Waals surface area contributed by atoms with Crippen molar-refractivity contribution in [3.8, 4) is 0 Å². The van der Waals surface area contributed by atoms with Crippen molar-refractivity contribution in [2.45, 2.75) is 49.8 Å². The lowest BCUT2D eigenvalue weighted by atomic mass is 9.80. The quantitative estimate of drug-likeness (QED) is 0.0793. The van der Waals surface area contributed by atoms with Crippen LogP contribution in [0.1, 0.15) is 29.2 Å². The van der Waals surface area contributed by atoms with E-state index in [-0.39, 0.29) is 19.8 Å². The second-order valence-electron chi connectivity index (χ2n) is 11.2. The largest absolute Gasteiger partial charge is 0.368 e. The van der Waals surface area contributed by atoms with Gasteiger partial charge in [0, 0.05) is 6.61 Å². The van der Waals surface area contributed by atoms with Gasteiger partial charge in [0.05, 0.1) is 26.1 Å². The van der Waals surface area contributed by atoms with Crippen molar-refractivity contribution in [2.24, 2.45) is 0 Å². The number of hydrogen-bond acceptors (Lipinski definition) is 8. The van der Waals surface area contributed by atoms with Crippen molar-refractivity contribution in [3.63, 3.8) is 0 Å². The first kappa shape index (κ1) is 34.7. The molecule has 1 aliphatic heterocycles. The van der Waals surface area contributed by atoms with E-state index >= 15 is 0 Å². The van der Waals surface area contributed by atoms with Gasteiger partial charge in [0.15, 0.2) is 6.29 Å². The summed E-state index contributed by atoms with van der Waals surface area (Å²) in [5, 5.41) is 0. The summed E-state index contributed by atoms with van der Waals surface area (Å²) in [4.78, 5) is 0. The van der Waals surface area contributed by atoms with Crippen LogP contribution in [-0.2, 0) is 50.2 Å². The van der Waals surface area contributed by atoms with Crippen LogP contribution < -0.4 is 0 Å². The number of rotatable bonds is 16. The highest BCUT2D eigenvalue weighted by molar-refractivity contribution is 7.86. The number of hydrogen-bond donors (Lipinski definition) is 0. The van der Waals surface area contributed by atoms with E-state index in [0.717, 1.165) is 28.5 Å². The van der Waals surface area contributed by atoms with Crippen LogP contribution in [0.4, 0.5) is 0 Å². The monoisotopic (exact) mass is 658 g/mol. The minimum absolute atomic E-state index is 0.0815. The minimum Gasteiger partial charge on any atom is -0.368 e. The zero-order chi connectivity index (χ0) is 33.1. The first-order chi connectivity index (χ1) is 22.9. The second kappa shape index (κ2) is 16.4. The molecule has 5 rings (SSSR count). The Labute approximate surface area is 278 Å². The molecule has 1 aliphatic rings. The van der Waals surface area contributed by atoms with Gasteiger partial charge in [-0.05, 0) is 29.2 Å². The molecule has 1 heterocycles.